The van der Waals surface area contributed by atoms with Crippen molar-refractivity contribution in [2.75, 3.05) is 19.0 Å². The monoisotopic (exact) mass is 305 g/mol. The van der Waals surface area contributed by atoms with Crippen LogP contribution in [0.5, 0.6) is 0 Å². The molecule has 0 aliphatic heterocycles. The van der Waals surface area contributed by atoms with Crippen LogP contribution >= 0.6 is 22.7 Å². The minimum absolute atomic E-state index is 0.431. The normalized spacial score (nSPS) is 11.1. The van der Waals surface area contributed by atoms with E-state index >= 15 is 0 Å². The third kappa shape index (κ3) is 2.42. The number of hydrogen-bond donors (Lipinski definition) is 1. The Morgan fingerprint density at radius 2 is 2.20 bits per heavy atom. The lowest BCUT2D eigenvalue weighted by molar-refractivity contribution is 0.178. The first-order chi connectivity index (χ1) is 9.83. The molecule has 3 rings (SSSR count). The third-order valence-corrected chi connectivity index (χ3v) is 4.66. The topological polar surface area (TPSA) is 47.0 Å². The highest BCUT2D eigenvalue weighted by molar-refractivity contribution is 7.18. The van der Waals surface area contributed by atoms with Crippen LogP contribution in [0, 0.1) is 0 Å². The quantitative estimate of drug-likeness (QED) is 0.774. The van der Waals surface area contributed by atoms with E-state index in [1.165, 1.54) is 10.4 Å². The van der Waals surface area contributed by atoms with Crippen LogP contribution in [-0.4, -0.2) is 23.6 Å². The van der Waals surface area contributed by atoms with Crippen LogP contribution in [0.1, 0.15) is 12.7 Å². The number of anilines is 1. The summed E-state index contributed by atoms with van der Waals surface area (Å²) in [6.45, 7) is 3.33. The first-order valence-electron chi connectivity index (χ1n) is 6.38. The molecule has 20 heavy (non-hydrogen) atoms. The van der Waals surface area contributed by atoms with Crippen molar-refractivity contribution in [1.29, 1.82) is 0 Å². The summed E-state index contributed by atoms with van der Waals surface area (Å²) < 4.78 is 5.14. The molecule has 0 spiro atoms. The summed E-state index contributed by atoms with van der Waals surface area (Å²) in [4.78, 5) is 11.4. The van der Waals surface area contributed by atoms with Gasteiger partial charge in [0.1, 0.15) is 17.3 Å². The zero-order chi connectivity index (χ0) is 13.9. The number of aromatic nitrogens is 2. The standard InChI is InChI=1S/C14H15N3OS2/c1-3-15-13-12-9(10-5-4-6-19-10)8-20-14(12)17-11(16-13)7-18-2/h4-6,8H,3,7H2,1-2H3,(H,15,16,17). The molecule has 0 saturated heterocycles. The van der Waals surface area contributed by atoms with Crippen molar-refractivity contribution in [3.05, 3.63) is 28.7 Å². The first-order valence-corrected chi connectivity index (χ1v) is 8.14. The van der Waals surface area contributed by atoms with Crippen LogP contribution in [0.2, 0.25) is 0 Å². The number of thiophene rings is 2. The van der Waals surface area contributed by atoms with Gasteiger partial charge in [-0.25, -0.2) is 9.97 Å². The molecule has 6 heteroatoms. The van der Waals surface area contributed by atoms with E-state index in [1.807, 2.05) is 0 Å². The van der Waals surface area contributed by atoms with Gasteiger partial charge in [-0.3, -0.25) is 0 Å². The second kappa shape index (κ2) is 5.87. The van der Waals surface area contributed by atoms with Crippen LogP contribution in [-0.2, 0) is 11.3 Å². The molecule has 0 aliphatic rings. The first kappa shape index (κ1) is 13.5. The van der Waals surface area contributed by atoms with Gasteiger partial charge in [-0.05, 0) is 18.4 Å². The van der Waals surface area contributed by atoms with E-state index in [1.54, 1.807) is 29.8 Å². The Hall–Kier alpha value is -1.50. The second-order valence-electron chi connectivity index (χ2n) is 4.26. The number of fused-ring (bicyclic) bond motifs is 1. The molecule has 0 unspecified atom stereocenters. The Bertz CT molecular complexity index is 707. The van der Waals surface area contributed by atoms with Crippen molar-refractivity contribution >= 4 is 38.7 Å². The zero-order valence-corrected chi connectivity index (χ0v) is 13.0. The van der Waals surface area contributed by atoms with Gasteiger partial charge >= 0.3 is 0 Å². The highest BCUT2D eigenvalue weighted by atomic mass is 32.1. The third-order valence-electron chi connectivity index (χ3n) is 2.88. The van der Waals surface area contributed by atoms with Gasteiger partial charge in [0, 0.05) is 29.5 Å². The van der Waals surface area contributed by atoms with Gasteiger partial charge in [-0.15, -0.1) is 22.7 Å². The summed E-state index contributed by atoms with van der Waals surface area (Å²) in [6, 6.07) is 4.20. The maximum absolute atomic E-state index is 5.14. The predicted octanol–water partition coefficient (Wildman–Crippen LogP) is 4.00. The van der Waals surface area contributed by atoms with E-state index in [0.717, 1.165) is 28.4 Å². The number of nitrogens with zero attached hydrogens (tertiary/aromatic N) is 2. The molecule has 0 aliphatic carbocycles. The lowest BCUT2D eigenvalue weighted by Crippen LogP contribution is -2.04. The lowest BCUT2D eigenvalue weighted by atomic mass is 10.2. The van der Waals surface area contributed by atoms with Crippen LogP contribution in [0.3, 0.4) is 0 Å². The van der Waals surface area contributed by atoms with Gasteiger partial charge in [0.25, 0.3) is 0 Å². The predicted molar refractivity (Wildman–Crippen MR) is 85.6 cm³/mol. The molecule has 0 bridgehead atoms. The van der Waals surface area contributed by atoms with Crippen molar-refractivity contribution in [2.24, 2.45) is 0 Å². The molecule has 1 N–H and O–H groups in total. The van der Waals surface area contributed by atoms with Crippen molar-refractivity contribution < 1.29 is 4.74 Å². The smallest absolute Gasteiger partial charge is 0.158 e. The number of rotatable bonds is 5. The minimum Gasteiger partial charge on any atom is -0.377 e. The summed E-state index contributed by atoms with van der Waals surface area (Å²) in [5.74, 6) is 1.62. The molecule has 0 amide bonds. The molecule has 0 atom stereocenters. The van der Waals surface area contributed by atoms with E-state index in [-0.39, 0.29) is 0 Å². The second-order valence-corrected chi connectivity index (χ2v) is 6.06. The Morgan fingerprint density at radius 3 is 2.90 bits per heavy atom. The van der Waals surface area contributed by atoms with Crippen molar-refractivity contribution in [3.8, 4) is 10.4 Å². The highest BCUT2D eigenvalue weighted by Crippen LogP contribution is 2.38. The molecular formula is C14H15N3OS2. The van der Waals surface area contributed by atoms with E-state index in [4.69, 9.17) is 4.74 Å². The van der Waals surface area contributed by atoms with Gasteiger partial charge in [-0.1, -0.05) is 6.07 Å². The average Bonchev–Trinajstić information content (AvgIpc) is 3.07. The molecule has 0 saturated carbocycles. The van der Waals surface area contributed by atoms with Gasteiger partial charge in [-0.2, -0.15) is 0 Å². The molecule has 4 nitrogen and oxygen atoms in total. The molecule has 3 heterocycles. The Balaban J connectivity index is 2.19. The molecule has 0 fully saturated rings. The average molecular weight is 305 g/mol. The number of hydrogen-bond acceptors (Lipinski definition) is 6. The summed E-state index contributed by atoms with van der Waals surface area (Å²) >= 11 is 3.39. The van der Waals surface area contributed by atoms with Crippen molar-refractivity contribution in [3.63, 3.8) is 0 Å². The highest BCUT2D eigenvalue weighted by Gasteiger charge is 2.15. The largest absolute Gasteiger partial charge is 0.377 e. The fraction of sp³-hybridized carbons (Fsp3) is 0.286. The Labute approximate surface area is 125 Å². The zero-order valence-electron chi connectivity index (χ0n) is 11.3. The van der Waals surface area contributed by atoms with Crippen molar-refractivity contribution in [2.45, 2.75) is 13.5 Å². The van der Waals surface area contributed by atoms with E-state index in [9.17, 15) is 0 Å². The van der Waals surface area contributed by atoms with Crippen LogP contribution in [0.25, 0.3) is 20.7 Å². The minimum atomic E-state index is 0.431. The Kier molecular flexibility index (Phi) is 3.95. The van der Waals surface area contributed by atoms with Gasteiger partial charge in [0.15, 0.2) is 5.82 Å². The Morgan fingerprint density at radius 1 is 1.30 bits per heavy atom. The van der Waals surface area contributed by atoms with Crippen molar-refractivity contribution in [1.82, 2.24) is 9.97 Å². The summed E-state index contributed by atoms with van der Waals surface area (Å²) in [5.41, 5.74) is 1.21. The molecule has 104 valence electrons. The van der Waals surface area contributed by atoms with E-state index < -0.39 is 0 Å². The SMILES string of the molecule is CCNc1nc(COC)nc2scc(-c3cccs3)c12. The molecule has 0 aromatic carbocycles. The van der Waals surface area contributed by atoms with Gasteiger partial charge in [0.05, 0.1) is 5.39 Å². The molecule has 3 aromatic heterocycles. The summed E-state index contributed by atoms with van der Waals surface area (Å²) in [7, 11) is 1.66. The summed E-state index contributed by atoms with van der Waals surface area (Å²) in [5, 5.41) is 8.70. The van der Waals surface area contributed by atoms with Crippen LogP contribution in [0.15, 0.2) is 22.9 Å². The molecule has 3 aromatic rings. The van der Waals surface area contributed by atoms with E-state index in [0.29, 0.717) is 6.61 Å². The number of methoxy groups -OCH3 is 1. The van der Waals surface area contributed by atoms with Gasteiger partial charge in [0.2, 0.25) is 0 Å². The number of ether oxygens (including phenoxy) is 1. The van der Waals surface area contributed by atoms with Crippen LogP contribution in [0.4, 0.5) is 5.82 Å². The maximum Gasteiger partial charge on any atom is 0.158 e. The number of nitrogens with one attached hydrogen (secondary N) is 1. The fourth-order valence-electron chi connectivity index (χ4n) is 2.09. The van der Waals surface area contributed by atoms with E-state index in [2.05, 4.69) is 45.1 Å². The molecular weight excluding hydrogens is 290 g/mol. The van der Waals surface area contributed by atoms with Crippen LogP contribution < -0.4 is 5.32 Å². The van der Waals surface area contributed by atoms with Gasteiger partial charge < -0.3 is 10.1 Å². The molecule has 0 radical (unpaired) electrons. The lowest BCUT2D eigenvalue weighted by Gasteiger charge is -2.08. The summed E-state index contributed by atoms with van der Waals surface area (Å²) in [6.07, 6.45) is 0. The maximum atomic E-state index is 5.14. The fourth-order valence-corrected chi connectivity index (χ4v) is 3.87.